The lowest BCUT2D eigenvalue weighted by Gasteiger charge is -2.11. The van der Waals surface area contributed by atoms with Gasteiger partial charge in [-0.25, -0.2) is 0 Å². The van der Waals surface area contributed by atoms with Crippen LogP contribution in [0.4, 0.5) is 0 Å². The topological polar surface area (TPSA) is 23.6 Å². The van der Waals surface area contributed by atoms with Crippen molar-refractivity contribution in [2.45, 2.75) is 33.6 Å². The average molecular weight is 226 g/mol. The van der Waals surface area contributed by atoms with Gasteiger partial charge in [0.05, 0.1) is 0 Å². The average Bonchev–Trinajstić information content (AvgIpc) is 2.76. The molecule has 0 aromatic heterocycles. The molecule has 0 saturated carbocycles. The number of nitrogens with zero attached hydrogens (tertiary/aromatic N) is 2. The van der Waals surface area contributed by atoms with E-state index in [1.807, 2.05) is 4.90 Å². The van der Waals surface area contributed by atoms with E-state index in [0.29, 0.717) is 5.92 Å². The summed E-state index contributed by atoms with van der Waals surface area (Å²) in [4.78, 5) is 15.0. The standard InChI is InChI=1S/C7H13NO.C6H13N/c1-6-3-4-8(5-6)7(2)9;1-6-3-4-7(2)5-6/h6H,3-5H2,1-2H3;6H,3-5H2,1-2H3. The maximum Gasteiger partial charge on any atom is 0.219 e. The van der Waals surface area contributed by atoms with Crippen molar-refractivity contribution in [2.75, 3.05) is 33.2 Å². The molecule has 0 radical (unpaired) electrons. The third kappa shape index (κ3) is 4.52. The zero-order chi connectivity index (χ0) is 12.1. The van der Waals surface area contributed by atoms with Crippen LogP contribution in [0.15, 0.2) is 0 Å². The second-order valence-corrected chi connectivity index (χ2v) is 5.51. The van der Waals surface area contributed by atoms with Crippen LogP contribution in [-0.2, 0) is 4.79 Å². The van der Waals surface area contributed by atoms with Gasteiger partial charge in [0.25, 0.3) is 0 Å². The van der Waals surface area contributed by atoms with Gasteiger partial charge in [0.2, 0.25) is 5.91 Å². The minimum atomic E-state index is 0.222. The van der Waals surface area contributed by atoms with Gasteiger partial charge in [-0.15, -0.1) is 0 Å². The quantitative estimate of drug-likeness (QED) is 0.629. The second-order valence-electron chi connectivity index (χ2n) is 5.51. The molecule has 2 aliphatic rings. The lowest BCUT2D eigenvalue weighted by atomic mass is 10.2. The molecule has 3 nitrogen and oxygen atoms in total. The van der Waals surface area contributed by atoms with Crippen LogP contribution in [0.2, 0.25) is 0 Å². The fourth-order valence-electron chi connectivity index (χ4n) is 2.38. The van der Waals surface area contributed by atoms with Crippen molar-refractivity contribution in [3.8, 4) is 0 Å². The maximum atomic E-state index is 10.7. The summed E-state index contributed by atoms with van der Waals surface area (Å²) in [6.07, 6.45) is 2.58. The Bertz CT molecular complexity index is 222. The molecule has 2 heterocycles. The zero-order valence-corrected chi connectivity index (χ0v) is 11.2. The first-order chi connectivity index (χ1) is 7.49. The molecule has 2 fully saturated rings. The molecule has 2 rings (SSSR count). The van der Waals surface area contributed by atoms with Crippen LogP contribution in [0, 0.1) is 11.8 Å². The molecule has 0 bridgehead atoms. The summed E-state index contributed by atoms with van der Waals surface area (Å²) in [5.41, 5.74) is 0. The van der Waals surface area contributed by atoms with Gasteiger partial charge in [0.1, 0.15) is 0 Å². The normalized spacial score (nSPS) is 30.1. The highest BCUT2D eigenvalue weighted by Crippen LogP contribution is 2.14. The van der Waals surface area contributed by atoms with Crippen molar-refractivity contribution in [1.29, 1.82) is 0 Å². The van der Waals surface area contributed by atoms with E-state index in [9.17, 15) is 4.79 Å². The Hall–Kier alpha value is -0.570. The molecule has 0 N–H and O–H groups in total. The Morgan fingerprint density at radius 3 is 1.81 bits per heavy atom. The monoisotopic (exact) mass is 226 g/mol. The lowest BCUT2D eigenvalue weighted by molar-refractivity contribution is -0.127. The smallest absolute Gasteiger partial charge is 0.219 e. The maximum absolute atomic E-state index is 10.7. The van der Waals surface area contributed by atoms with E-state index in [1.54, 1.807) is 6.92 Å². The molecule has 0 aromatic rings. The molecule has 16 heavy (non-hydrogen) atoms. The largest absolute Gasteiger partial charge is 0.343 e. The van der Waals surface area contributed by atoms with Gasteiger partial charge in [-0.2, -0.15) is 0 Å². The summed E-state index contributed by atoms with van der Waals surface area (Å²) in [6.45, 7) is 10.7. The Labute approximate surface area is 99.8 Å². The molecular formula is C13H26N2O. The van der Waals surface area contributed by atoms with Crippen LogP contribution < -0.4 is 0 Å². The number of hydrogen-bond donors (Lipinski definition) is 0. The summed E-state index contributed by atoms with van der Waals surface area (Å²) in [7, 11) is 2.18. The van der Waals surface area contributed by atoms with Crippen LogP contribution >= 0.6 is 0 Å². The third-order valence-electron chi connectivity index (χ3n) is 3.50. The summed E-state index contributed by atoms with van der Waals surface area (Å²) in [5, 5.41) is 0. The molecule has 0 aliphatic carbocycles. The van der Waals surface area contributed by atoms with Gasteiger partial charge in [-0.05, 0) is 38.3 Å². The number of amides is 1. The predicted molar refractivity (Wildman–Crippen MR) is 67.3 cm³/mol. The number of carbonyl (C=O) groups is 1. The minimum Gasteiger partial charge on any atom is -0.343 e. The van der Waals surface area contributed by atoms with Gasteiger partial charge in [-0.1, -0.05) is 13.8 Å². The number of rotatable bonds is 0. The van der Waals surface area contributed by atoms with Crippen LogP contribution in [0.5, 0.6) is 0 Å². The summed E-state index contributed by atoms with van der Waals surface area (Å²) in [6, 6.07) is 0. The Kier molecular flexibility index (Phi) is 5.26. The molecule has 2 aliphatic heterocycles. The van der Waals surface area contributed by atoms with Gasteiger partial charge in [0.15, 0.2) is 0 Å². The van der Waals surface area contributed by atoms with E-state index < -0.39 is 0 Å². The second kappa shape index (κ2) is 6.24. The molecule has 2 unspecified atom stereocenters. The van der Waals surface area contributed by atoms with E-state index in [1.165, 1.54) is 25.9 Å². The molecule has 2 saturated heterocycles. The van der Waals surface area contributed by atoms with E-state index in [0.717, 1.165) is 19.0 Å². The van der Waals surface area contributed by atoms with Gasteiger partial charge >= 0.3 is 0 Å². The van der Waals surface area contributed by atoms with Gasteiger partial charge < -0.3 is 9.80 Å². The van der Waals surface area contributed by atoms with Crippen LogP contribution in [0.1, 0.15) is 33.6 Å². The SMILES string of the molecule is CC(=O)N1CCC(C)C1.CC1CCN(C)C1. The number of likely N-dealkylation sites (tertiary alicyclic amines) is 2. The zero-order valence-electron chi connectivity index (χ0n) is 11.2. The Morgan fingerprint density at radius 1 is 1.06 bits per heavy atom. The minimum absolute atomic E-state index is 0.222. The Morgan fingerprint density at radius 2 is 1.62 bits per heavy atom. The first-order valence-electron chi connectivity index (χ1n) is 6.43. The molecule has 94 valence electrons. The van der Waals surface area contributed by atoms with E-state index in [2.05, 4.69) is 25.8 Å². The third-order valence-corrected chi connectivity index (χ3v) is 3.50. The van der Waals surface area contributed by atoms with E-state index in [-0.39, 0.29) is 5.91 Å². The number of hydrogen-bond acceptors (Lipinski definition) is 2. The fraction of sp³-hybridized carbons (Fsp3) is 0.923. The molecule has 2 atom stereocenters. The highest BCUT2D eigenvalue weighted by molar-refractivity contribution is 5.73. The Balaban J connectivity index is 0.000000165. The van der Waals surface area contributed by atoms with Crippen LogP contribution in [0.25, 0.3) is 0 Å². The molecule has 0 spiro atoms. The lowest BCUT2D eigenvalue weighted by Crippen LogP contribution is -2.25. The van der Waals surface area contributed by atoms with Gasteiger partial charge in [0, 0.05) is 26.6 Å². The fourth-order valence-corrected chi connectivity index (χ4v) is 2.38. The molecule has 0 aromatic carbocycles. The van der Waals surface area contributed by atoms with Crippen molar-refractivity contribution in [2.24, 2.45) is 11.8 Å². The first-order valence-corrected chi connectivity index (χ1v) is 6.43. The van der Waals surface area contributed by atoms with Crippen molar-refractivity contribution in [3.63, 3.8) is 0 Å². The predicted octanol–water partition coefficient (Wildman–Crippen LogP) is 1.83. The highest BCUT2D eigenvalue weighted by Gasteiger charge is 2.19. The van der Waals surface area contributed by atoms with Crippen molar-refractivity contribution < 1.29 is 4.79 Å². The summed E-state index contributed by atoms with van der Waals surface area (Å²) < 4.78 is 0. The molecular weight excluding hydrogens is 200 g/mol. The molecule has 3 heteroatoms. The van der Waals surface area contributed by atoms with Gasteiger partial charge in [-0.3, -0.25) is 4.79 Å². The van der Waals surface area contributed by atoms with Crippen LogP contribution in [0.3, 0.4) is 0 Å². The molecule has 1 amide bonds. The van der Waals surface area contributed by atoms with Crippen molar-refractivity contribution >= 4 is 5.91 Å². The highest BCUT2D eigenvalue weighted by atomic mass is 16.2. The van der Waals surface area contributed by atoms with E-state index in [4.69, 9.17) is 0 Å². The summed E-state index contributed by atoms with van der Waals surface area (Å²) in [5.74, 6) is 1.89. The van der Waals surface area contributed by atoms with E-state index >= 15 is 0 Å². The van der Waals surface area contributed by atoms with Crippen molar-refractivity contribution in [1.82, 2.24) is 9.80 Å². The first kappa shape index (κ1) is 13.5. The summed E-state index contributed by atoms with van der Waals surface area (Å²) >= 11 is 0. The van der Waals surface area contributed by atoms with Crippen molar-refractivity contribution in [3.05, 3.63) is 0 Å². The van der Waals surface area contributed by atoms with Crippen LogP contribution in [-0.4, -0.2) is 48.9 Å². The number of carbonyl (C=O) groups excluding carboxylic acids is 1.